The third-order valence-corrected chi connectivity index (χ3v) is 5.33. The monoisotopic (exact) mass is 378 g/mol. The van der Waals surface area contributed by atoms with Crippen LogP contribution in [-0.2, 0) is 28.8 Å². The summed E-state index contributed by atoms with van der Waals surface area (Å²) >= 11 is 6.76. The average molecular weight is 379 g/mol. The van der Waals surface area contributed by atoms with Crippen LogP contribution in [-0.4, -0.2) is 42.1 Å². The lowest BCUT2D eigenvalue weighted by Crippen LogP contribution is -2.38. The van der Waals surface area contributed by atoms with Gasteiger partial charge < -0.3 is 14.5 Å². The van der Waals surface area contributed by atoms with Crippen molar-refractivity contribution in [2.75, 3.05) is 24.5 Å². The van der Waals surface area contributed by atoms with Crippen LogP contribution in [0.4, 0.5) is 10.5 Å². The van der Waals surface area contributed by atoms with Gasteiger partial charge in [-0.15, -0.1) is 0 Å². The van der Waals surface area contributed by atoms with Crippen LogP contribution >= 0.6 is 11.6 Å². The number of aryl methyl sites for hydroxylation is 1. The highest BCUT2D eigenvalue weighted by atomic mass is 35.5. The maximum Gasteiger partial charge on any atom is 0.410 e. The second kappa shape index (κ2) is 7.10. The van der Waals surface area contributed by atoms with E-state index in [-0.39, 0.29) is 12.0 Å². The van der Waals surface area contributed by atoms with Gasteiger partial charge >= 0.3 is 6.09 Å². The molecule has 2 heterocycles. The standard InChI is InChI=1S/C20H27ClN2O3/c1-13(24)23-9-5-6-15-12-14-7-10-22(19(25)26-20(2,3)4)11-8-16(14)17(21)18(15)23/h12H,5-11H2,1-4H3. The fourth-order valence-electron chi connectivity index (χ4n) is 3.74. The third-order valence-electron chi connectivity index (χ3n) is 4.93. The summed E-state index contributed by atoms with van der Waals surface area (Å²) < 4.78 is 5.51. The lowest BCUT2D eigenvalue weighted by atomic mass is 9.93. The molecule has 0 fully saturated rings. The molecule has 0 N–H and O–H groups in total. The molecule has 0 spiro atoms. The number of carbonyl (C=O) groups excluding carboxylic acids is 2. The highest BCUT2D eigenvalue weighted by Gasteiger charge is 2.29. The minimum atomic E-state index is -0.505. The molecule has 26 heavy (non-hydrogen) atoms. The van der Waals surface area contributed by atoms with Gasteiger partial charge in [0.05, 0.1) is 10.7 Å². The summed E-state index contributed by atoms with van der Waals surface area (Å²) in [6.45, 7) is 9.11. The van der Waals surface area contributed by atoms with Gasteiger partial charge in [0.15, 0.2) is 0 Å². The van der Waals surface area contributed by atoms with Crippen molar-refractivity contribution in [3.05, 3.63) is 27.8 Å². The number of halogens is 1. The van der Waals surface area contributed by atoms with Crippen LogP contribution in [0.15, 0.2) is 6.07 Å². The van der Waals surface area contributed by atoms with E-state index in [0.29, 0.717) is 31.1 Å². The van der Waals surface area contributed by atoms with Crippen LogP contribution in [0, 0.1) is 0 Å². The molecule has 2 amide bonds. The van der Waals surface area contributed by atoms with E-state index in [1.165, 1.54) is 5.56 Å². The van der Waals surface area contributed by atoms with Gasteiger partial charge in [-0.05, 0) is 63.1 Å². The summed E-state index contributed by atoms with van der Waals surface area (Å²) in [5.74, 6) is 0.0248. The van der Waals surface area contributed by atoms with Crippen molar-refractivity contribution in [2.45, 2.75) is 59.0 Å². The topological polar surface area (TPSA) is 49.9 Å². The molecule has 0 radical (unpaired) electrons. The predicted molar refractivity (Wildman–Crippen MR) is 103 cm³/mol. The minimum absolute atomic E-state index is 0.0248. The fraction of sp³-hybridized carbons (Fsp3) is 0.600. The Morgan fingerprint density at radius 2 is 1.77 bits per heavy atom. The van der Waals surface area contributed by atoms with Crippen LogP contribution in [0.3, 0.4) is 0 Å². The SMILES string of the molecule is CC(=O)N1CCCc2cc3c(c(Cl)c21)CCN(C(=O)OC(C)(C)C)CC3. The van der Waals surface area contributed by atoms with Crippen molar-refractivity contribution >= 4 is 29.3 Å². The van der Waals surface area contributed by atoms with Crippen LogP contribution in [0.25, 0.3) is 0 Å². The zero-order chi connectivity index (χ0) is 19.1. The number of rotatable bonds is 0. The van der Waals surface area contributed by atoms with Gasteiger partial charge in [0.25, 0.3) is 0 Å². The molecule has 5 nitrogen and oxygen atoms in total. The average Bonchev–Trinajstić information content (AvgIpc) is 2.75. The smallest absolute Gasteiger partial charge is 0.410 e. The summed E-state index contributed by atoms with van der Waals surface area (Å²) in [7, 11) is 0. The molecule has 1 aromatic rings. The Bertz CT molecular complexity index is 740. The first-order valence-electron chi connectivity index (χ1n) is 9.26. The summed E-state index contributed by atoms with van der Waals surface area (Å²) in [6.07, 6.45) is 3.03. The Kier molecular flexibility index (Phi) is 5.20. The van der Waals surface area contributed by atoms with Crippen molar-refractivity contribution in [1.82, 2.24) is 4.90 Å². The molecule has 3 rings (SSSR count). The Labute approximate surface area is 160 Å². The number of carbonyl (C=O) groups is 2. The summed E-state index contributed by atoms with van der Waals surface area (Å²) in [4.78, 5) is 28.0. The van der Waals surface area contributed by atoms with Crippen molar-refractivity contribution in [3.8, 4) is 0 Å². The number of nitrogens with zero attached hydrogens (tertiary/aromatic N) is 2. The van der Waals surface area contributed by atoms with E-state index in [0.717, 1.165) is 36.1 Å². The van der Waals surface area contributed by atoms with Crippen LogP contribution in [0.5, 0.6) is 0 Å². The lowest BCUT2D eigenvalue weighted by Gasteiger charge is -2.31. The molecule has 0 atom stereocenters. The summed E-state index contributed by atoms with van der Waals surface area (Å²) in [5.41, 5.74) is 3.75. The maximum absolute atomic E-state index is 12.4. The Morgan fingerprint density at radius 3 is 2.42 bits per heavy atom. The van der Waals surface area contributed by atoms with Crippen molar-refractivity contribution < 1.29 is 14.3 Å². The van der Waals surface area contributed by atoms with Gasteiger partial charge in [-0.2, -0.15) is 0 Å². The number of fused-ring (bicyclic) bond motifs is 2. The van der Waals surface area contributed by atoms with E-state index in [9.17, 15) is 9.59 Å². The van der Waals surface area contributed by atoms with Gasteiger partial charge in [-0.3, -0.25) is 4.79 Å². The molecular formula is C20H27ClN2O3. The molecule has 0 unspecified atom stereocenters. The molecule has 2 aliphatic heterocycles. The van der Waals surface area contributed by atoms with E-state index < -0.39 is 5.60 Å². The Morgan fingerprint density at radius 1 is 1.08 bits per heavy atom. The molecular weight excluding hydrogens is 352 g/mol. The first-order chi connectivity index (χ1) is 12.2. The molecule has 0 bridgehead atoms. The van der Waals surface area contributed by atoms with Crippen molar-refractivity contribution in [2.24, 2.45) is 0 Å². The third kappa shape index (κ3) is 3.83. The fourth-order valence-corrected chi connectivity index (χ4v) is 4.18. The molecule has 0 aromatic heterocycles. The number of amides is 2. The zero-order valence-corrected chi connectivity index (χ0v) is 16.8. The van der Waals surface area contributed by atoms with E-state index in [2.05, 4.69) is 6.07 Å². The van der Waals surface area contributed by atoms with Gasteiger partial charge in [-0.25, -0.2) is 4.79 Å². The highest BCUT2D eigenvalue weighted by Crippen LogP contribution is 2.40. The molecule has 0 saturated heterocycles. The minimum Gasteiger partial charge on any atom is -0.444 e. The van der Waals surface area contributed by atoms with E-state index in [1.807, 2.05) is 20.8 Å². The first-order valence-corrected chi connectivity index (χ1v) is 9.64. The van der Waals surface area contributed by atoms with E-state index >= 15 is 0 Å². The number of ether oxygens (including phenoxy) is 1. The quantitative estimate of drug-likeness (QED) is 0.686. The van der Waals surface area contributed by atoms with Gasteiger partial charge in [0.1, 0.15) is 5.60 Å². The Balaban J connectivity index is 1.88. The number of benzene rings is 1. The first kappa shape index (κ1) is 19.0. The molecule has 0 aliphatic carbocycles. The van der Waals surface area contributed by atoms with Gasteiger partial charge in [0.2, 0.25) is 5.91 Å². The number of hydrogen-bond acceptors (Lipinski definition) is 3. The lowest BCUT2D eigenvalue weighted by molar-refractivity contribution is -0.116. The second-order valence-corrected chi connectivity index (χ2v) is 8.46. The summed E-state index contributed by atoms with van der Waals surface area (Å²) in [6, 6.07) is 2.18. The van der Waals surface area contributed by atoms with Gasteiger partial charge in [-0.1, -0.05) is 17.7 Å². The second-order valence-electron chi connectivity index (χ2n) is 8.08. The van der Waals surface area contributed by atoms with Crippen LogP contribution < -0.4 is 4.90 Å². The molecule has 0 saturated carbocycles. The number of anilines is 1. The Hall–Kier alpha value is -1.75. The van der Waals surface area contributed by atoms with Crippen LogP contribution in [0.1, 0.15) is 50.8 Å². The van der Waals surface area contributed by atoms with E-state index in [1.54, 1.807) is 16.7 Å². The highest BCUT2D eigenvalue weighted by molar-refractivity contribution is 6.35. The molecule has 6 heteroatoms. The molecule has 1 aromatic carbocycles. The molecule has 2 aliphatic rings. The number of hydrogen-bond donors (Lipinski definition) is 0. The maximum atomic E-state index is 12.4. The zero-order valence-electron chi connectivity index (χ0n) is 16.0. The van der Waals surface area contributed by atoms with Crippen LogP contribution in [0.2, 0.25) is 5.02 Å². The molecule has 142 valence electrons. The van der Waals surface area contributed by atoms with E-state index in [4.69, 9.17) is 16.3 Å². The van der Waals surface area contributed by atoms with Gasteiger partial charge in [0, 0.05) is 26.6 Å². The normalized spacial score (nSPS) is 17.3. The predicted octanol–water partition coefficient (Wildman–Crippen LogP) is 3.97. The van der Waals surface area contributed by atoms with Crippen molar-refractivity contribution in [1.29, 1.82) is 0 Å². The summed E-state index contributed by atoms with van der Waals surface area (Å²) in [5, 5.41) is 0.679. The largest absolute Gasteiger partial charge is 0.444 e. The van der Waals surface area contributed by atoms with Crippen molar-refractivity contribution in [3.63, 3.8) is 0 Å².